The number of anilines is 1. The van der Waals surface area contributed by atoms with Gasteiger partial charge in [0.25, 0.3) is 0 Å². The molecule has 0 saturated heterocycles. The number of hydrogen-bond donors (Lipinski definition) is 0. The first kappa shape index (κ1) is 31.6. The summed E-state index contributed by atoms with van der Waals surface area (Å²) in [5.74, 6) is -1.41. The number of benzene rings is 2. The van der Waals surface area contributed by atoms with Gasteiger partial charge in [-0.3, -0.25) is 4.79 Å². The van der Waals surface area contributed by atoms with Gasteiger partial charge in [-0.15, -0.1) is 22.7 Å². The molecule has 3 heterocycles. The van der Waals surface area contributed by atoms with Crippen LogP contribution in [0.1, 0.15) is 5.56 Å². The number of hydrazone groups is 1. The molecule has 10 nitrogen and oxygen atoms in total. The van der Waals surface area contributed by atoms with Crippen LogP contribution in [0.4, 0.5) is 5.00 Å². The minimum Gasteiger partial charge on any atom is -0.491 e. The van der Waals surface area contributed by atoms with Crippen molar-refractivity contribution >= 4 is 56.1 Å². The number of fused-ring (bicyclic) bond motifs is 1. The Bertz CT molecular complexity index is 1590. The summed E-state index contributed by atoms with van der Waals surface area (Å²) >= 11 is 3.12. The lowest BCUT2D eigenvalue weighted by Gasteiger charge is -2.23. The molecule has 0 saturated carbocycles. The van der Waals surface area contributed by atoms with Gasteiger partial charge in [0.1, 0.15) is 23.3 Å². The van der Waals surface area contributed by atoms with Gasteiger partial charge in [-0.2, -0.15) is 5.10 Å². The molecule has 1 aliphatic heterocycles. The van der Waals surface area contributed by atoms with E-state index >= 15 is 0 Å². The average Bonchev–Trinajstić information content (AvgIpc) is 3.83. The number of ether oxygens (including phenoxy) is 6. The van der Waals surface area contributed by atoms with Crippen molar-refractivity contribution in [3.8, 4) is 15.5 Å². The highest BCUT2D eigenvalue weighted by atomic mass is 32.1. The number of esters is 2. The average molecular weight is 639 g/mol. The summed E-state index contributed by atoms with van der Waals surface area (Å²) < 4.78 is 32.0. The first-order valence-corrected chi connectivity index (χ1v) is 15.7. The van der Waals surface area contributed by atoms with E-state index < -0.39 is 23.9 Å². The lowest BCUT2D eigenvalue weighted by Crippen LogP contribution is -2.45. The quantitative estimate of drug-likeness (QED) is 0.128. The molecular formula is C32H34N2O8S2. The van der Waals surface area contributed by atoms with Crippen molar-refractivity contribution in [3.63, 3.8) is 0 Å². The highest BCUT2D eigenvalue weighted by Crippen LogP contribution is 2.41. The molecular weight excluding hydrogens is 604 g/mol. The molecule has 232 valence electrons. The third kappa shape index (κ3) is 7.28. The van der Waals surface area contributed by atoms with Gasteiger partial charge in [-0.1, -0.05) is 24.3 Å². The van der Waals surface area contributed by atoms with Crippen molar-refractivity contribution < 1.29 is 38.0 Å². The van der Waals surface area contributed by atoms with Crippen LogP contribution in [0.5, 0.6) is 5.75 Å². The Morgan fingerprint density at radius 2 is 1.52 bits per heavy atom. The molecule has 1 aliphatic rings. The number of carbonyl (C=O) groups excluding carboxylic acids is 2. The fourth-order valence-corrected chi connectivity index (χ4v) is 6.67. The largest absolute Gasteiger partial charge is 0.491 e. The van der Waals surface area contributed by atoms with Crippen LogP contribution in [0.2, 0.25) is 0 Å². The van der Waals surface area contributed by atoms with Gasteiger partial charge in [0.05, 0.1) is 53.0 Å². The van der Waals surface area contributed by atoms with E-state index in [1.54, 1.807) is 23.5 Å². The van der Waals surface area contributed by atoms with Gasteiger partial charge < -0.3 is 28.4 Å². The van der Waals surface area contributed by atoms with Crippen molar-refractivity contribution in [2.45, 2.75) is 6.04 Å². The van der Waals surface area contributed by atoms with E-state index in [4.69, 9.17) is 33.5 Å². The van der Waals surface area contributed by atoms with Crippen molar-refractivity contribution in [1.82, 2.24) is 0 Å². The minimum absolute atomic E-state index is 0.404. The Kier molecular flexibility index (Phi) is 11.0. The van der Waals surface area contributed by atoms with Gasteiger partial charge in [0.2, 0.25) is 0 Å². The summed E-state index contributed by atoms with van der Waals surface area (Å²) in [5, 5.41) is 11.0. The van der Waals surface area contributed by atoms with Crippen LogP contribution in [-0.2, 0) is 33.3 Å². The predicted octanol–water partition coefficient (Wildman–Crippen LogP) is 5.24. The minimum atomic E-state index is -1.01. The Balaban J connectivity index is 1.34. The van der Waals surface area contributed by atoms with Gasteiger partial charge >= 0.3 is 11.9 Å². The second-order valence-electron chi connectivity index (χ2n) is 9.70. The Morgan fingerprint density at radius 3 is 2.25 bits per heavy atom. The summed E-state index contributed by atoms with van der Waals surface area (Å²) in [5.41, 5.74) is 1.14. The lowest BCUT2D eigenvalue weighted by molar-refractivity contribution is -0.150. The number of nitrogens with zero attached hydrogens (tertiary/aromatic N) is 2. The SMILES string of the molecule is COCCOCCOCCOc1ccc2cc(C3=NN(c4ccc(-c5cccs5)s4)[C@@H](C(=O)OC)[C@@H]3C(=O)OC)ccc2c1. The first-order valence-electron chi connectivity index (χ1n) is 14.0. The molecule has 0 spiro atoms. The zero-order valence-corrected chi connectivity index (χ0v) is 26.4. The second kappa shape index (κ2) is 15.3. The zero-order chi connectivity index (χ0) is 30.9. The molecule has 4 aromatic rings. The summed E-state index contributed by atoms with van der Waals surface area (Å²) in [6.45, 7) is 2.94. The molecule has 5 rings (SSSR count). The molecule has 0 aliphatic carbocycles. The number of thiophene rings is 2. The Morgan fingerprint density at radius 1 is 0.795 bits per heavy atom. The molecule has 2 atom stereocenters. The fourth-order valence-electron chi connectivity index (χ4n) is 4.84. The zero-order valence-electron chi connectivity index (χ0n) is 24.7. The van der Waals surface area contributed by atoms with Crippen molar-refractivity contribution in [1.29, 1.82) is 0 Å². The molecule has 0 bridgehead atoms. The number of rotatable bonds is 15. The van der Waals surface area contributed by atoms with Crippen LogP contribution in [-0.4, -0.2) is 84.7 Å². The predicted molar refractivity (Wildman–Crippen MR) is 171 cm³/mol. The normalized spacial score (nSPS) is 16.2. The van der Waals surface area contributed by atoms with Crippen molar-refractivity contribution in [3.05, 3.63) is 71.6 Å². The molecule has 0 N–H and O–H groups in total. The van der Waals surface area contributed by atoms with Gasteiger partial charge in [-0.05, 0) is 58.1 Å². The maximum absolute atomic E-state index is 13.2. The number of carbonyl (C=O) groups is 2. The maximum Gasteiger partial charge on any atom is 0.332 e. The van der Waals surface area contributed by atoms with E-state index in [1.165, 1.54) is 25.6 Å². The van der Waals surface area contributed by atoms with Crippen LogP contribution in [0.3, 0.4) is 0 Å². The van der Waals surface area contributed by atoms with E-state index in [1.807, 2.05) is 66.0 Å². The van der Waals surface area contributed by atoms with E-state index in [2.05, 4.69) is 0 Å². The molecule has 0 amide bonds. The van der Waals surface area contributed by atoms with Gasteiger partial charge in [-0.25, -0.2) is 9.80 Å². The Labute approximate surface area is 263 Å². The highest BCUT2D eigenvalue weighted by Gasteiger charge is 2.49. The molecule has 2 aromatic carbocycles. The van der Waals surface area contributed by atoms with Crippen LogP contribution >= 0.6 is 22.7 Å². The molecule has 0 radical (unpaired) electrons. The van der Waals surface area contributed by atoms with Crippen LogP contribution in [0.15, 0.2) is 71.1 Å². The smallest absolute Gasteiger partial charge is 0.332 e. The standard InChI is InChI=1S/C32H34N2O8S2/c1-37-12-13-40-14-15-41-16-17-42-24-9-8-21-19-23(7-6-22(21)20-24)29-28(31(35)38-2)30(32(36)39-3)34(33-29)27-11-10-26(44-27)25-5-4-18-43-25/h4-11,18-20,28,30H,12-17H2,1-3H3/t28-,30-/m1/s1. The topological polar surface area (TPSA) is 105 Å². The Hall–Kier alpha value is -3.81. The van der Waals surface area contributed by atoms with E-state index in [9.17, 15) is 9.59 Å². The monoisotopic (exact) mass is 638 g/mol. The fraction of sp³-hybridized carbons (Fsp3) is 0.344. The van der Waals surface area contributed by atoms with Crippen LogP contribution in [0, 0.1) is 5.92 Å². The van der Waals surface area contributed by atoms with Crippen molar-refractivity contribution in [2.24, 2.45) is 11.0 Å². The van der Waals surface area contributed by atoms with Gasteiger partial charge in [0, 0.05) is 16.9 Å². The number of hydrogen-bond acceptors (Lipinski definition) is 12. The molecule has 0 unspecified atom stereocenters. The second-order valence-corrected chi connectivity index (χ2v) is 11.7. The third-order valence-electron chi connectivity index (χ3n) is 6.98. The molecule has 2 aromatic heterocycles. The van der Waals surface area contributed by atoms with E-state index in [0.717, 1.165) is 25.5 Å². The summed E-state index contributed by atoms with van der Waals surface area (Å²) in [7, 11) is 4.25. The molecule has 12 heteroatoms. The highest BCUT2D eigenvalue weighted by molar-refractivity contribution is 7.23. The summed E-state index contributed by atoms with van der Waals surface area (Å²) in [6, 6.07) is 18.5. The third-order valence-corrected chi connectivity index (χ3v) is 9.12. The van der Waals surface area contributed by atoms with Gasteiger partial charge in [0.15, 0.2) is 6.04 Å². The number of methoxy groups -OCH3 is 3. The molecule has 0 fully saturated rings. The molecule has 44 heavy (non-hydrogen) atoms. The van der Waals surface area contributed by atoms with E-state index in [-0.39, 0.29) is 0 Å². The maximum atomic E-state index is 13.2. The lowest BCUT2D eigenvalue weighted by atomic mass is 9.90. The van der Waals surface area contributed by atoms with Crippen LogP contribution in [0.25, 0.3) is 20.5 Å². The van der Waals surface area contributed by atoms with E-state index in [0.29, 0.717) is 56.7 Å². The summed E-state index contributed by atoms with van der Waals surface area (Å²) in [4.78, 5) is 28.4. The van der Waals surface area contributed by atoms with Crippen LogP contribution < -0.4 is 9.75 Å². The summed E-state index contributed by atoms with van der Waals surface area (Å²) in [6.07, 6.45) is 0. The first-order chi connectivity index (χ1) is 21.5. The van der Waals surface area contributed by atoms with Crippen molar-refractivity contribution in [2.75, 3.05) is 66.0 Å².